The molecular formula is C14H17N3O4. The monoisotopic (exact) mass is 291 g/mol. The zero-order chi connectivity index (χ0) is 15.4. The van der Waals surface area contributed by atoms with E-state index in [-0.39, 0.29) is 11.4 Å². The Balaban J connectivity index is 2.36. The van der Waals surface area contributed by atoms with Crippen molar-refractivity contribution in [3.8, 4) is 11.5 Å². The van der Waals surface area contributed by atoms with Gasteiger partial charge in [-0.2, -0.15) is 5.10 Å². The number of rotatable bonds is 5. The highest BCUT2D eigenvalue weighted by atomic mass is 16.5. The van der Waals surface area contributed by atoms with Crippen LogP contribution in [-0.2, 0) is 11.3 Å². The van der Waals surface area contributed by atoms with Crippen LogP contribution in [0.1, 0.15) is 16.1 Å². The topological polar surface area (TPSA) is 88.6 Å². The second-order valence-corrected chi connectivity index (χ2v) is 4.26. The van der Waals surface area contributed by atoms with E-state index in [4.69, 9.17) is 15.2 Å². The quantitative estimate of drug-likeness (QED) is 0.836. The summed E-state index contributed by atoms with van der Waals surface area (Å²) in [6, 6.07) is 5.48. The van der Waals surface area contributed by atoms with Gasteiger partial charge in [0.2, 0.25) is 0 Å². The standard InChI is InChI=1S/C14H17N3O4/c1-19-11-5-4-6-12(20-2)9(11)7-17-8-10(15)13(16-17)14(18)21-3/h4-6,8H,7,15H2,1-3H3. The third-order valence-corrected chi connectivity index (χ3v) is 3.02. The molecule has 0 saturated heterocycles. The van der Waals surface area contributed by atoms with Gasteiger partial charge in [-0.25, -0.2) is 4.79 Å². The molecule has 7 heteroatoms. The first-order chi connectivity index (χ1) is 10.1. The lowest BCUT2D eigenvalue weighted by Crippen LogP contribution is -2.08. The van der Waals surface area contributed by atoms with Gasteiger partial charge in [-0.3, -0.25) is 4.68 Å². The van der Waals surface area contributed by atoms with Crippen molar-refractivity contribution >= 4 is 11.7 Å². The van der Waals surface area contributed by atoms with Crippen molar-refractivity contribution in [3.63, 3.8) is 0 Å². The van der Waals surface area contributed by atoms with Crippen LogP contribution in [0.3, 0.4) is 0 Å². The molecule has 0 spiro atoms. The van der Waals surface area contributed by atoms with E-state index in [0.717, 1.165) is 5.56 Å². The molecule has 21 heavy (non-hydrogen) atoms. The van der Waals surface area contributed by atoms with Crippen molar-refractivity contribution in [2.24, 2.45) is 0 Å². The van der Waals surface area contributed by atoms with Crippen LogP contribution < -0.4 is 15.2 Å². The Labute approximate surface area is 122 Å². The summed E-state index contributed by atoms with van der Waals surface area (Å²) >= 11 is 0. The first kappa shape index (κ1) is 14.7. The Morgan fingerprint density at radius 1 is 1.24 bits per heavy atom. The van der Waals surface area contributed by atoms with Crippen molar-refractivity contribution in [3.05, 3.63) is 35.7 Å². The molecule has 0 aliphatic heterocycles. The second kappa shape index (κ2) is 6.17. The normalized spacial score (nSPS) is 10.2. The number of carbonyl (C=O) groups is 1. The highest BCUT2D eigenvalue weighted by Crippen LogP contribution is 2.29. The van der Waals surface area contributed by atoms with E-state index < -0.39 is 5.97 Å². The van der Waals surface area contributed by atoms with E-state index in [1.54, 1.807) is 25.1 Å². The van der Waals surface area contributed by atoms with Crippen LogP contribution in [0.2, 0.25) is 0 Å². The number of nitrogens with zero attached hydrogens (tertiary/aromatic N) is 2. The van der Waals surface area contributed by atoms with Crippen LogP contribution in [0, 0.1) is 0 Å². The molecule has 1 heterocycles. The molecule has 0 atom stereocenters. The fourth-order valence-electron chi connectivity index (χ4n) is 2.02. The Morgan fingerprint density at radius 3 is 2.38 bits per heavy atom. The molecule has 0 radical (unpaired) electrons. The molecule has 0 aliphatic carbocycles. The Hall–Kier alpha value is -2.70. The van der Waals surface area contributed by atoms with E-state index >= 15 is 0 Å². The zero-order valence-electron chi connectivity index (χ0n) is 12.1. The SMILES string of the molecule is COC(=O)c1nn(Cc2c(OC)cccc2OC)cc1N. The van der Waals surface area contributed by atoms with Gasteiger partial charge in [0.1, 0.15) is 11.5 Å². The van der Waals surface area contributed by atoms with Crippen LogP contribution >= 0.6 is 0 Å². The minimum Gasteiger partial charge on any atom is -0.496 e. The van der Waals surface area contributed by atoms with E-state index in [1.807, 2.05) is 18.2 Å². The lowest BCUT2D eigenvalue weighted by atomic mass is 10.1. The maximum Gasteiger partial charge on any atom is 0.360 e. The van der Waals surface area contributed by atoms with Gasteiger partial charge in [0, 0.05) is 6.20 Å². The molecule has 1 aromatic carbocycles. The maximum absolute atomic E-state index is 11.5. The first-order valence-electron chi connectivity index (χ1n) is 6.21. The molecule has 0 unspecified atom stereocenters. The lowest BCUT2D eigenvalue weighted by Gasteiger charge is -2.12. The van der Waals surface area contributed by atoms with Gasteiger partial charge in [-0.1, -0.05) is 6.07 Å². The number of methoxy groups -OCH3 is 3. The molecule has 0 bridgehead atoms. The number of esters is 1. The van der Waals surface area contributed by atoms with Crippen LogP contribution in [0.5, 0.6) is 11.5 Å². The average Bonchev–Trinajstić information content (AvgIpc) is 2.87. The summed E-state index contributed by atoms with van der Waals surface area (Å²) in [5.74, 6) is 0.768. The minimum atomic E-state index is -0.571. The smallest absolute Gasteiger partial charge is 0.360 e. The Bertz CT molecular complexity index is 629. The highest BCUT2D eigenvalue weighted by Gasteiger charge is 2.17. The Kier molecular flexibility index (Phi) is 4.32. The number of hydrogen-bond donors (Lipinski definition) is 1. The summed E-state index contributed by atoms with van der Waals surface area (Å²) in [7, 11) is 4.44. The molecule has 7 nitrogen and oxygen atoms in total. The number of anilines is 1. The average molecular weight is 291 g/mol. The molecule has 1 aromatic heterocycles. The summed E-state index contributed by atoms with van der Waals surface area (Å²) in [6.45, 7) is 0.356. The van der Waals surface area contributed by atoms with Crippen LogP contribution in [0.15, 0.2) is 24.4 Å². The third kappa shape index (κ3) is 2.91. The summed E-state index contributed by atoms with van der Waals surface area (Å²) in [5, 5.41) is 4.13. The number of hydrogen-bond acceptors (Lipinski definition) is 6. The van der Waals surface area contributed by atoms with E-state index in [2.05, 4.69) is 9.84 Å². The van der Waals surface area contributed by atoms with Crippen LogP contribution in [-0.4, -0.2) is 37.1 Å². The number of aromatic nitrogens is 2. The second-order valence-electron chi connectivity index (χ2n) is 4.26. The van der Waals surface area contributed by atoms with Gasteiger partial charge in [0.05, 0.1) is 39.1 Å². The predicted octanol–water partition coefficient (Wildman–Crippen LogP) is 1.32. The van der Waals surface area contributed by atoms with Crippen molar-refractivity contribution < 1.29 is 19.0 Å². The molecule has 0 saturated carbocycles. The molecule has 2 aromatic rings. The number of nitrogens with two attached hydrogens (primary N) is 1. The van der Waals surface area contributed by atoms with Gasteiger partial charge >= 0.3 is 5.97 Å². The highest BCUT2D eigenvalue weighted by molar-refractivity contribution is 5.92. The van der Waals surface area contributed by atoms with Crippen LogP contribution in [0.4, 0.5) is 5.69 Å². The number of carbonyl (C=O) groups excluding carboxylic acids is 1. The number of ether oxygens (including phenoxy) is 3. The van der Waals surface area contributed by atoms with Gasteiger partial charge < -0.3 is 19.9 Å². The summed E-state index contributed by atoms with van der Waals surface area (Å²) in [6.07, 6.45) is 1.57. The van der Waals surface area contributed by atoms with E-state index in [0.29, 0.717) is 18.0 Å². The molecule has 2 rings (SSSR count). The predicted molar refractivity (Wildman–Crippen MR) is 76.6 cm³/mol. The molecule has 0 amide bonds. The van der Waals surface area contributed by atoms with E-state index in [9.17, 15) is 4.79 Å². The summed E-state index contributed by atoms with van der Waals surface area (Å²) in [5.41, 5.74) is 6.92. The van der Waals surface area contributed by atoms with Gasteiger partial charge in [0.15, 0.2) is 5.69 Å². The molecule has 0 fully saturated rings. The zero-order valence-corrected chi connectivity index (χ0v) is 12.1. The first-order valence-corrected chi connectivity index (χ1v) is 6.21. The van der Waals surface area contributed by atoms with Crippen molar-refractivity contribution in [2.45, 2.75) is 6.54 Å². The number of nitrogen functional groups attached to an aromatic ring is 1. The number of benzene rings is 1. The van der Waals surface area contributed by atoms with Crippen molar-refractivity contribution in [1.29, 1.82) is 0 Å². The minimum absolute atomic E-state index is 0.0892. The molecule has 112 valence electrons. The van der Waals surface area contributed by atoms with E-state index in [1.165, 1.54) is 7.11 Å². The Morgan fingerprint density at radius 2 is 1.86 bits per heavy atom. The summed E-state index contributed by atoms with van der Waals surface area (Å²) < 4.78 is 16.8. The van der Waals surface area contributed by atoms with Crippen molar-refractivity contribution in [1.82, 2.24) is 9.78 Å². The largest absolute Gasteiger partial charge is 0.496 e. The fraction of sp³-hybridized carbons (Fsp3) is 0.286. The molecule has 0 aliphatic rings. The molecular weight excluding hydrogens is 274 g/mol. The maximum atomic E-state index is 11.5. The van der Waals surface area contributed by atoms with Gasteiger partial charge in [0.25, 0.3) is 0 Å². The lowest BCUT2D eigenvalue weighted by molar-refractivity contribution is 0.0594. The van der Waals surface area contributed by atoms with Gasteiger partial charge in [-0.05, 0) is 12.1 Å². The molecule has 2 N–H and O–H groups in total. The van der Waals surface area contributed by atoms with Crippen molar-refractivity contribution in [2.75, 3.05) is 27.1 Å². The summed E-state index contributed by atoms with van der Waals surface area (Å²) in [4.78, 5) is 11.5. The van der Waals surface area contributed by atoms with Gasteiger partial charge in [-0.15, -0.1) is 0 Å². The van der Waals surface area contributed by atoms with Crippen LogP contribution in [0.25, 0.3) is 0 Å². The third-order valence-electron chi connectivity index (χ3n) is 3.02. The fourth-order valence-corrected chi connectivity index (χ4v) is 2.02.